The van der Waals surface area contributed by atoms with Crippen molar-refractivity contribution in [2.75, 3.05) is 6.61 Å². The smallest absolute Gasteiger partial charge is 0.307 e. The Hall–Kier alpha value is -2.57. The minimum Gasteiger partial charge on any atom is -0.494 e. The summed E-state index contributed by atoms with van der Waals surface area (Å²) in [6.07, 6.45) is 4.53. The Bertz CT molecular complexity index is 703. The normalized spacial score (nSPS) is 25.8. The molecule has 0 aromatic heterocycles. The maximum atomic E-state index is 12.5. The third-order valence-corrected chi connectivity index (χ3v) is 5.69. The van der Waals surface area contributed by atoms with E-state index < -0.39 is 29.6 Å². The van der Waals surface area contributed by atoms with Crippen LogP contribution in [0.1, 0.15) is 49.4 Å². The average molecular weight is 374 g/mol. The number of benzene rings is 1. The van der Waals surface area contributed by atoms with Gasteiger partial charge in [-0.3, -0.25) is 25.2 Å². The van der Waals surface area contributed by atoms with Crippen molar-refractivity contribution < 1.29 is 24.2 Å². The molecule has 7 heteroatoms. The van der Waals surface area contributed by atoms with Crippen LogP contribution in [0.2, 0.25) is 0 Å². The Balaban J connectivity index is 1.53. The fraction of sp³-hybridized carbons (Fsp3) is 0.550. The van der Waals surface area contributed by atoms with Gasteiger partial charge in [0.05, 0.1) is 18.4 Å². The van der Waals surface area contributed by atoms with Crippen molar-refractivity contribution >= 4 is 17.8 Å². The number of hydrogen-bond acceptors (Lipinski definition) is 4. The highest BCUT2D eigenvalue weighted by molar-refractivity contribution is 5.96. The third-order valence-electron chi connectivity index (χ3n) is 5.69. The summed E-state index contributed by atoms with van der Waals surface area (Å²) in [6.45, 7) is 2.72. The van der Waals surface area contributed by atoms with Crippen molar-refractivity contribution in [3.63, 3.8) is 0 Å². The van der Waals surface area contributed by atoms with E-state index in [4.69, 9.17) is 4.74 Å². The van der Waals surface area contributed by atoms with Gasteiger partial charge in [-0.25, -0.2) is 0 Å². The molecule has 2 fully saturated rings. The van der Waals surface area contributed by atoms with Crippen molar-refractivity contribution in [3.05, 3.63) is 29.8 Å². The molecule has 2 saturated carbocycles. The molecule has 1 aromatic rings. The van der Waals surface area contributed by atoms with Crippen molar-refractivity contribution in [2.45, 2.75) is 39.0 Å². The number of carboxylic acid groups (broad SMARTS) is 1. The zero-order valence-electron chi connectivity index (χ0n) is 15.4. The van der Waals surface area contributed by atoms with E-state index in [0.29, 0.717) is 17.9 Å². The van der Waals surface area contributed by atoms with E-state index in [1.54, 1.807) is 24.3 Å². The van der Waals surface area contributed by atoms with E-state index in [-0.39, 0.29) is 11.8 Å². The molecular weight excluding hydrogens is 348 g/mol. The quantitative estimate of drug-likeness (QED) is 0.502. The molecule has 2 bridgehead atoms. The van der Waals surface area contributed by atoms with Gasteiger partial charge in [0.1, 0.15) is 5.75 Å². The second-order valence-electron chi connectivity index (χ2n) is 7.39. The number of aliphatic carboxylic acids is 1. The molecule has 0 spiro atoms. The zero-order chi connectivity index (χ0) is 19.4. The molecule has 2 aliphatic carbocycles. The first-order valence-corrected chi connectivity index (χ1v) is 9.57. The Labute approximate surface area is 158 Å². The molecule has 1 aromatic carbocycles. The third kappa shape index (κ3) is 4.23. The number of ether oxygens (including phenoxy) is 1. The number of carbonyl (C=O) groups excluding carboxylic acids is 2. The van der Waals surface area contributed by atoms with E-state index >= 15 is 0 Å². The van der Waals surface area contributed by atoms with Crippen molar-refractivity contribution in [3.8, 4) is 5.75 Å². The number of nitrogens with one attached hydrogen (secondary N) is 2. The van der Waals surface area contributed by atoms with Gasteiger partial charge in [0.15, 0.2) is 0 Å². The summed E-state index contributed by atoms with van der Waals surface area (Å²) in [6, 6.07) is 6.67. The molecule has 0 heterocycles. The van der Waals surface area contributed by atoms with E-state index in [2.05, 4.69) is 17.8 Å². The average Bonchev–Trinajstić information content (AvgIpc) is 3.28. The molecule has 146 valence electrons. The van der Waals surface area contributed by atoms with Gasteiger partial charge in [-0.1, -0.05) is 13.3 Å². The van der Waals surface area contributed by atoms with Gasteiger partial charge in [-0.05, 0) is 61.8 Å². The Morgan fingerprint density at radius 3 is 2.37 bits per heavy atom. The highest BCUT2D eigenvalue weighted by atomic mass is 16.5. The summed E-state index contributed by atoms with van der Waals surface area (Å²) in [5.74, 6) is -2.16. The number of unbranched alkanes of at least 4 members (excludes halogenated alkanes) is 1. The molecule has 7 nitrogen and oxygen atoms in total. The molecular formula is C20H26N2O5. The summed E-state index contributed by atoms with van der Waals surface area (Å²) >= 11 is 0. The van der Waals surface area contributed by atoms with Gasteiger partial charge in [-0.2, -0.15) is 0 Å². The molecule has 3 N–H and O–H groups in total. The lowest BCUT2D eigenvalue weighted by molar-refractivity contribution is -0.149. The van der Waals surface area contributed by atoms with Crippen LogP contribution in [0.4, 0.5) is 0 Å². The van der Waals surface area contributed by atoms with E-state index in [1.807, 2.05) is 0 Å². The van der Waals surface area contributed by atoms with Crippen LogP contribution in [0.3, 0.4) is 0 Å². The Kier molecular flexibility index (Phi) is 5.98. The Morgan fingerprint density at radius 2 is 1.74 bits per heavy atom. The van der Waals surface area contributed by atoms with Crippen LogP contribution < -0.4 is 15.6 Å². The number of hydrogen-bond donors (Lipinski definition) is 3. The molecule has 0 aliphatic heterocycles. The van der Waals surface area contributed by atoms with Gasteiger partial charge < -0.3 is 9.84 Å². The van der Waals surface area contributed by atoms with Crippen LogP contribution in [0.25, 0.3) is 0 Å². The number of carboxylic acids is 1. The van der Waals surface area contributed by atoms with Crippen molar-refractivity contribution in [1.29, 1.82) is 0 Å². The minimum absolute atomic E-state index is 0.0687. The Morgan fingerprint density at radius 1 is 1.07 bits per heavy atom. The van der Waals surface area contributed by atoms with Gasteiger partial charge in [0.2, 0.25) is 5.91 Å². The fourth-order valence-corrected chi connectivity index (χ4v) is 4.33. The molecule has 2 aliphatic rings. The van der Waals surface area contributed by atoms with Gasteiger partial charge in [-0.15, -0.1) is 0 Å². The summed E-state index contributed by atoms with van der Waals surface area (Å²) in [4.78, 5) is 36.2. The van der Waals surface area contributed by atoms with Crippen LogP contribution in [0.5, 0.6) is 5.75 Å². The van der Waals surface area contributed by atoms with Gasteiger partial charge in [0.25, 0.3) is 5.91 Å². The van der Waals surface area contributed by atoms with Crippen molar-refractivity contribution in [2.24, 2.45) is 23.7 Å². The van der Waals surface area contributed by atoms with Crippen LogP contribution >= 0.6 is 0 Å². The standard InChI is InChI=1S/C20H26N2O5/c1-2-3-10-27-15-8-6-12(7-9-15)18(23)21-22-19(24)16-13-4-5-14(11-13)17(16)20(25)26/h6-9,13-14,16-17H,2-5,10-11H2,1H3,(H,21,23)(H,22,24)(H,25,26)/t13-,14-,16+,17+/m0/s1. The highest BCUT2D eigenvalue weighted by Crippen LogP contribution is 2.52. The molecule has 27 heavy (non-hydrogen) atoms. The second kappa shape index (κ2) is 8.41. The van der Waals surface area contributed by atoms with Crippen LogP contribution in [0.15, 0.2) is 24.3 Å². The van der Waals surface area contributed by atoms with E-state index in [0.717, 1.165) is 32.1 Å². The predicted octanol–water partition coefficient (Wildman–Crippen LogP) is 2.37. The second-order valence-corrected chi connectivity index (χ2v) is 7.39. The number of rotatable bonds is 7. The van der Waals surface area contributed by atoms with Crippen LogP contribution in [-0.4, -0.2) is 29.5 Å². The summed E-state index contributed by atoms with van der Waals surface area (Å²) in [5.41, 5.74) is 5.20. The lowest BCUT2D eigenvalue weighted by Crippen LogP contribution is -2.48. The maximum Gasteiger partial charge on any atom is 0.307 e. The summed E-state index contributed by atoms with van der Waals surface area (Å²) < 4.78 is 5.55. The summed E-state index contributed by atoms with van der Waals surface area (Å²) in [7, 11) is 0. The summed E-state index contributed by atoms with van der Waals surface area (Å²) in [5, 5.41) is 9.43. The molecule has 2 amide bonds. The fourth-order valence-electron chi connectivity index (χ4n) is 4.33. The number of carbonyl (C=O) groups is 3. The first-order chi connectivity index (χ1) is 13.0. The predicted molar refractivity (Wildman–Crippen MR) is 97.9 cm³/mol. The molecule has 4 atom stereocenters. The van der Waals surface area contributed by atoms with Gasteiger partial charge in [0, 0.05) is 5.56 Å². The molecule has 0 radical (unpaired) electrons. The SMILES string of the molecule is CCCCOc1ccc(C(=O)NNC(=O)[C@@H]2[C@H]3CC[C@@H](C3)[C@H]2C(=O)O)cc1. The first kappa shape index (κ1) is 19.2. The first-order valence-electron chi connectivity index (χ1n) is 9.57. The van der Waals surface area contributed by atoms with E-state index in [1.165, 1.54) is 0 Å². The number of amides is 2. The zero-order valence-corrected chi connectivity index (χ0v) is 15.4. The van der Waals surface area contributed by atoms with Crippen molar-refractivity contribution in [1.82, 2.24) is 10.9 Å². The van der Waals surface area contributed by atoms with E-state index in [9.17, 15) is 19.5 Å². The largest absolute Gasteiger partial charge is 0.494 e. The van der Waals surface area contributed by atoms with Gasteiger partial charge >= 0.3 is 5.97 Å². The highest BCUT2D eigenvalue weighted by Gasteiger charge is 2.54. The topological polar surface area (TPSA) is 105 Å². The number of hydrazine groups is 1. The molecule has 0 saturated heterocycles. The van der Waals surface area contributed by atoms with Crippen LogP contribution in [-0.2, 0) is 9.59 Å². The lowest BCUT2D eigenvalue weighted by atomic mass is 9.79. The molecule has 0 unspecified atom stereocenters. The minimum atomic E-state index is -0.924. The monoisotopic (exact) mass is 374 g/mol. The molecule has 3 rings (SSSR count). The lowest BCUT2D eigenvalue weighted by Gasteiger charge is -2.26. The van der Waals surface area contributed by atoms with Crippen LogP contribution in [0, 0.1) is 23.7 Å². The number of fused-ring (bicyclic) bond motifs is 2. The maximum absolute atomic E-state index is 12.5.